The first-order valence-corrected chi connectivity index (χ1v) is 15.3. The number of allylic oxidation sites excluding steroid dienone is 1. The Balaban J connectivity index is 1.39. The minimum atomic E-state index is -0.729. The van der Waals surface area contributed by atoms with Crippen molar-refractivity contribution >= 4 is 62.0 Å². The van der Waals surface area contributed by atoms with Gasteiger partial charge in [-0.15, -0.1) is 6.58 Å². The second-order valence-corrected chi connectivity index (χ2v) is 12.2. The highest BCUT2D eigenvalue weighted by Crippen LogP contribution is 2.59. The number of carbonyl (C=O) groups is 4. The molecule has 4 amide bonds. The molecule has 2 fully saturated rings. The standard InChI is InChI=1S/C31H36BrN7O5/c1-5-6-7-12-33-30(43)34-20-9-10-21-22(13-20)38(37-27(21)19(3)40)16-26(41)39-23(14-31(17-44-4)15-24(31)39)29(42)36-28-18(2)8-11-25(32)35-28/h5,8-11,13,23-24H,1,6-7,12,14-17H2,2-4H3,(H2,33,34,43)(H,35,36,42)/t23-,24+,31-/m0/s1. The predicted octanol–water partition coefficient (Wildman–Crippen LogP) is 4.44. The van der Waals surface area contributed by atoms with Crippen LogP contribution in [0.3, 0.4) is 0 Å². The van der Waals surface area contributed by atoms with Gasteiger partial charge in [0.15, 0.2) is 5.78 Å². The molecule has 3 atom stereocenters. The third-order valence-corrected chi connectivity index (χ3v) is 8.69. The zero-order valence-electron chi connectivity index (χ0n) is 25.0. The molecule has 3 aromatic rings. The van der Waals surface area contributed by atoms with Gasteiger partial charge in [0.05, 0.1) is 12.1 Å². The fourth-order valence-corrected chi connectivity index (χ4v) is 6.31. The Hall–Kier alpha value is -4.10. The van der Waals surface area contributed by atoms with Crippen molar-refractivity contribution in [1.82, 2.24) is 25.0 Å². The van der Waals surface area contributed by atoms with Crippen LogP contribution in [0.15, 0.2) is 47.6 Å². The Bertz CT molecular complexity index is 1640. The molecule has 2 aliphatic rings. The van der Waals surface area contributed by atoms with Crippen molar-refractivity contribution in [3.63, 3.8) is 0 Å². The summed E-state index contributed by atoms with van der Waals surface area (Å²) in [5.41, 5.74) is 1.73. The monoisotopic (exact) mass is 665 g/mol. The maximum absolute atomic E-state index is 14.0. The van der Waals surface area contributed by atoms with E-state index < -0.39 is 6.04 Å². The highest BCUT2D eigenvalue weighted by atomic mass is 79.9. The minimum Gasteiger partial charge on any atom is -0.384 e. The number of unbranched alkanes of at least 4 members (excludes halogenated alkanes) is 1. The summed E-state index contributed by atoms with van der Waals surface area (Å²) in [6.45, 7) is 7.68. The van der Waals surface area contributed by atoms with Crippen molar-refractivity contribution in [3.8, 4) is 0 Å². The number of fused-ring (bicyclic) bond motifs is 2. The maximum atomic E-state index is 14.0. The number of halogens is 1. The van der Waals surface area contributed by atoms with Gasteiger partial charge in [0.2, 0.25) is 11.8 Å². The number of benzene rings is 1. The number of pyridine rings is 1. The van der Waals surface area contributed by atoms with E-state index in [4.69, 9.17) is 4.74 Å². The average molecular weight is 667 g/mol. The lowest BCUT2D eigenvalue weighted by molar-refractivity contribution is -0.138. The molecule has 0 bridgehead atoms. The summed E-state index contributed by atoms with van der Waals surface area (Å²) in [6, 6.07) is 7.47. The first-order valence-electron chi connectivity index (χ1n) is 14.5. The molecule has 3 N–H and O–H groups in total. The first-order chi connectivity index (χ1) is 21.1. The van der Waals surface area contributed by atoms with Gasteiger partial charge < -0.3 is 25.6 Å². The number of ketones is 1. The first kappa shape index (κ1) is 31.3. The van der Waals surface area contributed by atoms with Gasteiger partial charge in [0, 0.05) is 43.1 Å². The van der Waals surface area contributed by atoms with Gasteiger partial charge >= 0.3 is 6.03 Å². The van der Waals surface area contributed by atoms with Gasteiger partial charge in [0.1, 0.15) is 28.7 Å². The number of amides is 4. The number of ether oxygens (including phenoxy) is 1. The van der Waals surface area contributed by atoms with Crippen molar-refractivity contribution in [2.24, 2.45) is 5.41 Å². The van der Waals surface area contributed by atoms with E-state index in [2.05, 4.69) is 48.5 Å². The molecule has 1 saturated carbocycles. The Morgan fingerprint density at radius 1 is 1.18 bits per heavy atom. The number of aryl methyl sites for hydroxylation is 1. The minimum absolute atomic E-state index is 0.154. The van der Waals surface area contributed by atoms with Crippen LogP contribution in [0.5, 0.6) is 0 Å². The third-order valence-electron chi connectivity index (χ3n) is 8.24. The molecule has 2 aromatic heterocycles. The molecule has 1 aliphatic heterocycles. The summed E-state index contributed by atoms with van der Waals surface area (Å²) in [5, 5.41) is 13.5. The largest absolute Gasteiger partial charge is 0.384 e. The second kappa shape index (κ2) is 12.9. The molecule has 12 nitrogen and oxygen atoms in total. The Labute approximate surface area is 263 Å². The van der Waals surface area contributed by atoms with Gasteiger partial charge in [0.25, 0.3) is 0 Å². The van der Waals surface area contributed by atoms with Crippen LogP contribution in [0.1, 0.15) is 48.7 Å². The van der Waals surface area contributed by atoms with Crippen LogP contribution in [0, 0.1) is 12.3 Å². The molecule has 3 heterocycles. The molecule has 0 unspecified atom stereocenters. The molecule has 1 aliphatic carbocycles. The number of piperidine rings is 1. The number of urea groups is 1. The smallest absolute Gasteiger partial charge is 0.319 e. The zero-order chi connectivity index (χ0) is 31.6. The number of aromatic nitrogens is 3. The van der Waals surface area contributed by atoms with Crippen LogP contribution < -0.4 is 16.0 Å². The Morgan fingerprint density at radius 3 is 2.70 bits per heavy atom. The van der Waals surface area contributed by atoms with E-state index >= 15 is 0 Å². The lowest BCUT2D eigenvalue weighted by Crippen LogP contribution is -2.47. The van der Waals surface area contributed by atoms with Crippen molar-refractivity contribution < 1.29 is 23.9 Å². The summed E-state index contributed by atoms with van der Waals surface area (Å²) < 4.78 is 7.53. The van der Waals surface area contributed by atoms with Gasteiger partial charge in [-0.25, -0.2) is 9.78 Å². The van der Waals surface area contributed by atoms with Crippen LogP contribution in [-0.4, -0.2) is 75.6 Å². The van der Waals surface area contributed by atoms with Crippen molar-refractivity contribution in [2.75, 3.05) is 30.9 Å². The summed E-state index contributed by atoms with van der Waals surface area (Å²) in [7, 11) is 1.62. The molecule has 13 heteroatoms. The zero-order valence-corrected chi connectivity index (χ0v) is 26.6. The quantitative estimate of drug-likeness (QED) is 0.112. The van der Waals surface area contributed by atoms with Crippen LogP contribution >= 0.6 is 15.9 Å². The summed E-state index contributed by atoms with van der Waals surface area (Å²) >= 11 is 3.35. The lowest BCUT2D eigenvalue weighted by atomic mass is 10.00. The lowest BCUT2D eigenvalue weighted by Gasteiger charge is -2.27. The number of likely N-dealkylation sites (tertiary alicyclic amines) is 1. The Kier molecular flexibility index (Phi) is 9.16. The van der Waals surface area contributed by atoms with Crippen LogP contribution in [0.2, 0.25) is 0 Å². The number of Topliss-reactive ketones (excluding diaryl/α,β-unsaturated/α-hetero) is 1. The highest BCUT2D eigenvalue weighted by molar-refractivity contribution is 9.10. The number of carbonyl (C=O) groups excluding carboxylic acids is 4. The second-order valence-electron chi connectivity index (χ2n) is 11.4. The third kappa shape index (κ3) is 6.39. The number of hydrogen-bond acceptors (Lipinski definition) is 7. The number of rotatable bonds is 12. The van der Waals surface area contributed by atoms with E-state index in [0.717, 1.165) is 24.8 Å². The fourth-order valence-electron chi connectivity index (χ4n) is 6.00. The number of nitrogens with zero attached hydrogens (tertiary/aromatic N) is 4. The van der Waals surface area contributed by atoms with Gasteiger partial charge in [-0.3, -0.25) is 19.1 Å². The maximum Gasteiger partial charge on any atom is 0.319 e. The summed E-state index contributed by atoms with van der Waals surface area (Å²) in [6.07, 6.45) is 4.55. The molecule has 0 radical (unpaired) electrons. The van der Waals surface area contributed by atoms with E-state index in [1.807, 2.05) is 13.0 Å². The molecule has 1 aromatic carbocycles. The summed E-state index contributed by atoms with van der Waals surface area (Å²) in [4.78, 5) is 58.5. The molecule has 0 spiro atoms. The molecular formula is C31H36BrN7O5. The molecule has 5 rings (SSSR count). The van der Waals surface area contributed by atoms with E-state index in [1.54, 1.807) is 42.4 Å². The number of nitrogens with one attached hydrogen (secondary N) is 3. The van der Waals surface area contributed by atoms with Crippen LogP contribution in [0.4, 0.5) is 16.3 Å². The van der Waals surface area contributed by atoms with Crippen molar-refractivity contribution in [3.05, 3.63) is 58.8 Å². The molecule has 44 heavy (non-hydrogen) atoms. The number of anilines is 2. The molecule has 1 saturated heterocycles. The van der Waals surface area contributed by atoms with Crippen LogP contribution in [0.25, 0.3) is 10.9 Å². The normalized spacial score (nSPS) is 20.2. The van der Waals surface area contributed by atoms with Gasteiger partial charge in [-0.2, -0.15) is 5.10 Å². The predicted molar refractivity (Wildman–Crippen MR) is 169 cm³/mol. The van der Waals surface area contributed by atoms with E-state index in [0.29, 0.717) is 46.6 Å². The van der Waals surface area contributed by atoms with E-state index in [1.165, 1.54) is 11.6 Å². The Morgan fingerprint density at radius 2 is 1.98 bits per heavy atom. The SMILES string of the molecule is C=CCCCNC(=O)Nc1ccc2c(C(C)=O)nn(CC(=O)N3[C@H](C(=O)Nc4nc(Br)ccc4C)C[C@@]4(COC)C[C@@H]34)c2c1. The van der Waals surface area contributed by atoms with Gasteiger partial charge in [-0.05, 0) is 78.4 Å². The summed E-state index contributed by atoms with van der Waals surface area (Å²) in [5.74, 6) is -0.456. The average Bonchev–Trinajstić information content (AvgIpc) is 3.39. The van der Waals surface area contributed by atoms with E-state index in [-0.39, 0.29) is 47.3 Å². The van der Waals surface area contributed by atoms with E-state index in [9.17, 15) is 19.2 Å². The molecular weight excluding hydrogens is 630 g/mol. The topological polar surface area (TPSA) is 148 Å². The fraction of sp³-hybridized carbons (Fsp3) is 0.419. The number of hydrogen-bond donors (Lipinski definition) is 3. The number of methoxy groups -OCH3 is 1. The van der Waals surface area contributed by atoms with Crippen LogP contribution in [-0.2, 0) is 20.9 Å². The van der Waals surface area contributed by atoms with Crippen molar-refractivity contribution in [2.45, 2.75) is 58.2 Å². The highest BCUT2D eigenvalue weighted by Gasteiger charge is 2.67. The molecule has 232 valence electrons. The van der Waals surface area contributed by atoms with Crippen molar-refractivity contribution in [1.29, 1.82) is 0 Å². The van der Waals surface area contributed by atoms with Gasteiger partial charge in [-0.1, -0.05) is 12.1 Å².